The molecule has 0 aromatic heterocycles. The van der Waals surface area contributed by atoms with Crippen molar-refractivity contribution in [3.05, 3.63) is 11.4 Å². The Morgan fingerprint density at radius 2 is 2.20 bits per heavy atom. The van der Waals surface area contributed by atoms with Crippen LogP contribution in [0.4, 0.5) is 0 Å². The third-order valence-electron chi connectivity index (χ3n) is 2.51. The van der Waals surface area contributed by atoms with E-state index in [1.165, 1.54) is 0 Å². The monoisotopic (exact) mass is 212 g/mol. The van der Waals surface area contributed by atoms with Crippen LogP contribution in [-0.4, -0.2) is 50.5 Å². The smallest absolute Gasteiger partial charge is 0.0682 e. The largest absolute Gasteiger partial charge is 0.396 e. The van der Waals surface area contributed by atoms with Crippen LogP contribution in [0.5, 0.6) is 0 Å². The summed E-state index contributed by atoms with van der Waals surface area (Å²) in [6.07, 6.45) is 1.16. The molecule has 5 nitrogen and oxygen atoms in total. The quantitative estimate of drug-likeness (QED) is 0.549. The maximum absolute atomic E-state index is 7.00. The summed E-state index contributed by atoms with van der Waals surface area (Å²) in [4.78, 5) is 2.35. The van der Waals surface area contributed by atoms with Gasteiger partial charge in [0.15, 0.2) is 0 Å². The molecule has 86 valence electrons. The predicted octanol–water partition coefficient (Wildman–Crippen LogP) is -0.252. The fourth-order valence-corrected chi connectivity index (χ4v) is 1.44. The maximum Gasteiger partial charge on any atom is 0.0682 e. The number of morpholine rings is 1. The zero-order valence-electron chi connectivity index (χ0n) is 9.25. The Bertz CT molecular complexity index is 234. The highest BCUT2D eigenvalue weighted by Gasteiger charge is 2.08. The minimum absolute atomic E-state index is 0.497. The van der Waals surface area contributed by atoms with Gasteiger partial charge in [-0.15, -0.1) is 0 Å². The number of nitrogens with two attached hydrogens (primary N) is 1. The summed E-state index contributed by atoms with van der Waals surface area (Å²) in [6, 6.07) is 0. The van der Waals surface area contributed by atoms with E-state index in [1.807, 2.05) is 6.92 Å². The van der Waals surface area contributed by atoms with Crippen molar-refractivity contribution in [2.75, 3.05) is 39.4 Å². The van der Waals surface area contributed by atoms with Crippen LogP contribution in [0.3, 0.4) is 0 Å². The van der Waals surface area contributed by atoms with Gasteiger partial charge in [-0.05, 0) is 6.92 Å². The minimum atomic E-state index is 0.497. The Hall–Kier alpha value is -1.07. The Kier molecular flexibility index (Phi) is 5.14. The second kappa shape index (κ2) is 6.42. The van der Waals surface area contributed by atoms with Crippen molar-refractivity contribution in [3.63, 3.8) is 0 Å². The molecule has 0 bridgehead atoms. The van der Waals surface area contributed by atoms with E-state index in [9.17, 15) is 0 Å². The average Bonchev–Trinajstić information content (AvgIpc) is 2.29. The normalized spacial score (nSPS) is 19.5. The lowest BCUT2D eigenvalue weighted by atomic mass is 10.3. The molecule has 4 N–H and O–H groups in total. The van der Waals surface area contributed by atoms with Crippen molar-refractivity contribution in [3.8, 4) is 0 Å². The Labute approximate surface area is 90.8 Å². The Morgan fingerprint density at radius 1 is 1.53 bits per heavy atom. The second-order valence-electron chi connectivity index (χ2n) is 3.61. The number of allylic oxidation sites excluding steroid dienone is 2. The molecule has 0 unspecified atom stereocenters. The molecule has 1 heterocycles. The standard InChI is InChI=1S/C10H20N4O/c1-9(10(12)8-11)13-2-3-14-4-6-15-7-5-14/h8,11,13H,2-7,12H2,1H3/b10-9+,11-8?. The van der Waals surface area contributed by atoms with Gasteiger partial charge in [-0.3, -0.25) is 4.90 Å². The third-order valence-corrected chi connectivity index (χ3v) is 2.51. The molecule has 5 heteroatoms. The van der Waals surface area contributed by atoms with Gasteiger partial charge in [0.1, 0.15) is 0 Å². The first-order valence-electron chi connectivity index (χ1n) is 5.25. The molecule has 15 heavy (non-hydrogen) atoms. The lowest BCUT2D eigenvalue weighted by molar-refractivity contribution is 0.0387. The van der Waals surface area contributed by atoms with Crippen LogP contribution in [0.1, 0.15) is 6.92 Å². The lowest BCUT2D eigenvalue weighted by Crippen LogP contribution is -2.40. The van der Waals surface area contributed by atoms with E-state index in [0.717, 1.165) is 51.3 Å². The summed E-state index contributed by atoms with van der Waals surface area (Å²) < 4.78 is 5.26. The molecule has 0 spiro atoms. The summed E-state index contributed by atoms with van der Waals surface area (Å²) in [7, 11) is 0. The van der Waals surface area contributed by atoms with Gasteiger partial charge in [0.05, 0.1) is 18.9 Å². The van der Waals surface area contributed by atoms with E-state index in [0.29, 0.717) is 5.70 Å². The number of rotatable bonds is 5. The first-order valence-corrected chi connectivity index (χ1v) is 5.25. The summed E-state index contributed by atoms with van der Waals surface area (Å²) >= 11 is 0. The van der Waals surface area contributed by atoms with E-state index in [2.05, 4.69) is 10.2 Å². The molecule has 0 aromatic carbocycles. The predicted molar refractivity (Wildman–Crippen MR) is 60.9 cm³/mol. The zero-order chi connectivity index (χ0) is 11.1. The van der Waals surface area contributed by atoms with E-state index in [1.54, 1.807) is 0 Å². The van der Waals surface area contributed by atoms with E-state index in [-0.39, 0.29) is 0 Å². The highest BCUT2D eigenvalue weighted by molar-refractivity contribution is 5.75. The highest BCUT2D eigenvalue weighted by Crippen LogP contribution is 1.96. The SMILES string of the molecule is C/C(NCCN1CCOCC1)=C(\N)C=N. The van der Waals surface area contributed by atoms with Gasteiger partial charge in [-0.1, -0.05) is 0 Å². The van der Waals surface area contributed by atoms with Crippen LogP contribution in [-0.2, 0) is 4.74 Å². The third kappa shape index (κ3) is 4.31. The molecular formula is C10H20N4O. The number of nitrogens with zero attached hydrogens (tertiary/aromatic N) is 1. The average molecular weight is 212 g/mol. The molecule has 0 aliphatic carbocycles. The molecule has 0 saturated carbocycles. The zero-order valence-corrected chi connectivity index (χ0v) is 9.25. The topological polar surface area (TPSA) is 74.4 Å². The van der Waals surface area contributed by atoms with Crippen LogP contribution >= 0.6 is 0 Å². The number of ether oxygens (including phenoxy) is 1. The molecule has 0 aromatic rings. The summed E-state index contributed by atoms with van der Waals surface area (Å²) in [5.74, 6) is 0. The van der Waals surface area contributed by atoms with Gasteiger partial charge in [0.25, 0.3) is 0 Å². The van der Waals surface area contributed by atoms with Gasteiger partial charge < -0.3 is 21.2 Å². The summed E-state index contributed by atoms with van der Waals surface area (Å²) in [5, 5.41) is 10.2. The number of hydrogen-bond acceptors (Lipinski definition) is 5. The van der Waals surface area contributed by atoms with Gasteiger partial charge >= 0.3 is 0 Å². The molecule has 1 fully saturated rings. The van der Waals surface area contributed by atoms with Crippen LogP contribution in [0, 0.1) is 5.41 Å². The van der Waals surface area contributed by atoms with Crippen LogP contribution in [0.2, 0.25) is 0 Å². The van der Waals surface area contributed by atoms with Crippen molar-refractivity contribution in [1.29, 1.82) is 5.41 Å². The summed E-state index contributed by atoms with van der Waals surface area (Å²) in [5.41, 5.74) is 6.95. The van der Waals surface area contributed by atoms with Crippen LogP contribution in [0.25, 0.3) is 0 Å². The van der Waals surface area contributed by atoms with Crippen molar-refractivity contribution in [2.45, 2.75) is 6.92 Å². The van der Waals surface area contributed by atoms with Gasteiger partial charge in [-0.2, -0.15) is 0 Å². The lowest BCUT2D eigenvalue weighted by Gasteiger charge is -2.26. The number of nitrogens with one attached hydrogen (secondary N) is 2. The van der Waals surface area contributed by atoms with E-state index < -0.39 is 0 Å². The molecule has 1 saturated heterocycles. The van der Waals surface area contributed by atoms with Gasteiger partial charge in [0.2, 0.25) is 0 Å². The van der Waals surface area contributed by atoms with E-state index >= 15 is 0 Å². The molecule has 1 aliphatic rings. The van der Waals surface area contributed by atoms with Crippen molar-refractivity contribution in [2.24, 2.45) is 5.73 Å². The minimum Gasteiger partial charge on any atom is -0.396 e. The summed E-state index contributed by atoms with van der Waals surface area (Å²) in [6.45, 7) is 7.41. The maximum atomic E-state index is 7.00. The molecule has 0 atom stereocenters. The van der Waals surface area contributed by atoms with Gasteiger partial charge in [0, 0.05) is 38.1 Å². The number of hydrogen-bond donors (Lipinski definition) is 3. The Balaban J connectivity index is 2.17. The second-order valence-corrected chi connectivity index (χ2v) is 3.61. The fourth-order valence-electron chi connectivity index (χ4n) is 1.44. The first kappa shape index (κ1) is 12.0. The first-order chi connectivity index (χ1) is 7.24. The van der Waals surface area contributed by atoms with E-state index in [4.69, 9.17) is 15.9 Å². The molecule has 0 radical (unpaired) electrons. The molecule has 1 aliphatic heterocycles. The van der Waals surface area contributed by atoms with Crippen molar-refractivity contribution in [1.82, 2.24) is 10.2 Å². The van der Waals surface area contributed by atoms with Crippen LogP contribution < -0.4 is 11.1 Å². The molecule has 0 amide bonds. The van der Waals surface area contributed by atoms with Crippen molar-refractivity contribution >= 4 is 6.21 Å². The molecular weight excluding hydrogens is 192 g/mol. The van der Waals surface area contributed by atoms with Gasteiger partial charge in [-0.25, -0.2) is 0 Å². The highest BCUT2D eigenvalue weighted by atomic mass is 16.5. The van der Waals surface area contributed by atoms with Crippen LogP contribution in [0.15, 0.2) is 11.4 Å². The molecule has 1 rings (SSSR count). The fraction of sp³-hybridized carbons (Fsp3) is 0.700. The Morgan fingerprint density at radius 3 is 2.80 bits per heavy atom. The van der Waals surface area contributed by atoms with Crippen molar-refractivity contribution < 1.29 is 4.74 Å².